The molecule has 1 N–H and O–H groups in total. The molecule has 1 heterocycles. The monoisotopic (exact) mass is 318 g/mol. The minimum absolute atomic E-state index is 0.0861. The van der Waals surface area contributed by atoms with Crippen molar-refractivity contribution in [3.63, 3.8) is 0 Å². The summed E-state index contributed by atoms with van der Waals surface area (Å²) in [5.74, 6) is 0. The Labute approximate surface area is 138 Å². The second-order valence-corrected chi connectivity index (χ2v) is 5.58. The molecule has 0 aromatic rings. The van der Waals surface area contributed by atoms with Gasteiger partial charge < -0.3 is 10.0 Å². The lowest BCUT2D eigenvalue weighted by Gasteiger charge is -2.29. The van der Waals surface area contributed by atoms with Gasteiger partial charge in [0, 0.05) is 31.5 Å². The number of halogens is 1. The first-order chi connectivity index (χ1) is 11.0. The number of hydrogen-bond donors (Lipinski definition) is 1. The Bertz CT molecular complexity index is 568. The summed E-state index contributed by atoms with van der Waals surface area (Å²) in [5.41, 5.74) is 4.78. The molecule has 4 heteroatoms. The van der Waals surface area contributed by atoms with Crippen molar-refractivity contribution < 1.29 is 9.50 Å². The molecule has 23 heavy (non-hydrogen) atoms. The van der Waals surface area contributed by atoms with E-state index < -0.39 is 6.67 Å². The van der Waals surface area contributed by atoms with Gasteiger partial charge in [-0.3, -0.25) is 4.99 Å². The molecule has 0 saturated carbocycles. The SMILES string of the molecule is C=C(/C=C\C=C(/CF)N1CC=C(/C(C)=C/C(C)=NC)CC1)CO. The van der Waals surface area contributed by atoms with E-state index in [4.69, 9.17) is 5.11 Å². The van der Waals surface area contributed by atoms with Crippen LogP contribution in [0, 0.1) is 0 Å². The van der Waals surface area contributed by atoms with Gasteiger partial charge in [0.2, 0.25) is 0 Å². The highest BCUT2D eigenvalue weighted by Gasteiger charge is 2.14. The van der Waals surface area contributed by atoms with E-state index in [1.54, 1.807) is 25.3 Å². The van der Waals surface area contributed by atoms with E-state index in [2.05, 4.69) is 30.6 Å². The highest BCUT2D eigenvalue weighted by atomic mass is 19.1. The summed E-state index contributed by atoms with van der Waals surface area (Å²) in [7, 11) is 1.79. The molecule has 0 saturated heterocycles. The molecule has 0 unspecified atom stereocenters. The lowest BCUT2D eigenvalue weighted by Crippen LogP contribution is -2.29. The second-order valence-electron chi connectivity index (χ2n) is 5.58. The molecular formula is C19H27FN2O. The molecule has 0 aliphatic carbocycles. The molecule has 0 aromatic heterocycles. The smallest absolute Gasteiger partial charge is 0.129 e. The molecule has 1 aliphatic rings. The Balaban J connectivity index is 2.75. The summed E-state index contributed by atoms with van der Waals surface area (Å²) in [4.78, 5) is 6.18. The molecule has 0 fully saturated rings. The van der Waals surface area contributed by atoms with Gasteiger partial charge in [-0.25, -0.2) is 4.39 Å². The van der Waals surface area contributed by atoms with E-state index in [0.29, 0.717) is 17.8 Å². The van der Waals surface area contributed by atoms with Crippen LogP contribution >= 0.6 is 0 Å². The maximum absolute atomic E-state index is 13.3. The molecule has 1 rings (SSSR count). The fourth-order valence-corrected chi connectivity index (χ4v) is 2.34. The Morgan fingerprint density at radius 2 is 2.22 bits per heavy atom. The second kappa shape index (κ2) is 9.95. The van der Waals surface area contributed by atoms with Crippen molar-refractivity contribution in [2.45, 2.75) is 20.3 Å². The minimum atomic E-state index is -0.504. The third-order valence-electron chi connectivity index (χ3n) is 3.86. The predicted octanol–water partition coefficient (Wildman–Crippen LogP) is 3.61. The van der Waals surface area contributed by atoms with E-state index in [0.717, 1.165) is 18.7 Å². The Hall–Kier alpha value is -1.94. The van der Waals surface area contributed by atoms with Gasteiger partial charge in [0.05, 0.1) is 6.61 Å². The van der Waals surface area contributed by atoms with E-state index in [9.17, 15) is 4.39 Å². The van der Waals surface area contributed by atoms with Crippen LogP contribution in [0.25, 0.3) is 0 Å². The van der Waals surface area contributed by atoms with Crippen molar-refractivity contribution in [3.05, 3.63) is 59.4 Å². The molecule has 1 aliphatic heterocycles. The van der Waals surface area contributed by atoms with E-state index in [1.807, 2.05) is 11.8 Å². The zero-order chi connectivity index (χ0) is 17.2. The molecule has 0 aromatic carbocycles. The summed E-state index contributed by atoms with van der Waals surface area (Å²) < 4.78 is 13.3. The van der Waals surface area contributed by atoms with Crippen molar-refractivity contribution in [1.29, 1.82) is 0 Å². The molecule has 0 bridgehead atoms. The Morgan fingerprint density at radius 1 is 1.48 bits per heavy atom. The number of rotatable bonds is 7. The minimum Gasteiger partial charge on any atom is -0.392 e. The number of allylic oxidation sites excluding steroid dienone is 5. The first-order valence-electron chi connectivity index (χ1n) is 7.79. The van der Waals surface area contributed by atoms with Crippen molar-refractivity contribution in [2.75, 3.05) is 33.4 Å². The molecule has 126 valence electrons. The summed E-state index contributed by atoms with van der Waals surface area (Å²) >= 11 is 0. The van der Waals surface area contributed by atoms with Gasteiger partial charge in [-0.2, -0.15) is 0 Å². The molecule has 0 atom stereocenters. The molecule has 3 nitrogen and oxygen atoms in total. The summed E-state index contributed by atoms with van der Waals surface area (Å²) in [6, 6.07) is 0. The van der Waals surface area contributed by atoms with Crippen molar-refractivity contribution in [1.82, 2.24) is 4.90 Å². The number of aliphatic hydroxyl groups is 1. The molecule has 0 radical (unpaired) electrons. The molecule has 0 spiro atoms. The molecular weight excluding hydrogens is 291 g/mol. The number of alkyl halides is 1. The van der Waals surface area contributed by atoms with Crippen LogP contribution in [0.4, 0.5) is 4.39 Å². The zero-order valence-electron chi connectivity index (χ0n) is 14.3. The van der Waals surface area contributed by atoms with Crippen LogP contribution in [0.2, 0.25) is 0 Å². The summed E-state index contributed by atoms with van der Waals surface area (Å²) in [5, 5.41) is 8.89. The third kappa shape index (κ3) is 6.37. The van der Waals surface area contributed by atoms with E-state index in [1.165, 1.54) is 11.1 Å². The maximum Gasteiger partial charge on any atom is 0.129 e. The number of aliphatic hydroxyl groups excluding tert-OH is 1. The Kier molecular flexibility index (Phi) is 8.27. The van der Waals surface area contributed by atoms with Crippen LogP contribution in [0.1, 0.15) is 20.3 Å². The lowest BCUT2D eigenvalue weighted by molar-refractivity contribution is 0.330. The standard InChI is InChI=1S/C19H27FN2O/c1-15(14-23)6-5-7-19(13-20)22-10-8-18(9-11-22)16(2)12-17(3)21-4/h5-8,12,23H,1,9-11,13-14H2,2-4H3/b6-5-,16-12+,19-7+,21-17?. The van der Waals surface area contributed by atoms with Crippen LogP contribution in [0.15, 0.2) is 64.4 Å². The van der Waals surface area contributed by atoms with Crippen LogP contribution in [-0.2, 0) is 0 Å². The van der Waals surface area contributed by atoms with E-state index >= 15 is 0 Å². The predicted molar refractivity (Wildman–Crippen MR) is 96.5 cm³/mol. The van der Waals surface area contributed by atoms with Crippen molar-refractivity contribution in [3.8, 4) is 0 Å². The van der Waals surface area contributed by atoms with Gasteiger partial charge in [-0.05, 0) is 49.1 Å². The van der Waals surface area contributed by atoms with Crippen molar-refractivity contribution in [2.24, 2.45) is 4.99 Å². The van der Waals surface area contributed by atoms with Gasteiger partial charge in [0.15, 0.2) is 0 Å². The zero-order valence-corrected chi connectivity index (χ0v) is 14.3. The topological polar surface area (TPSA) is 35.8 Å². The van der Waals surface area contributed by atoms with Gasteiger partial charge in [-0.1, -0.05) is 24.8 Å². The fraction of sp³-hybridized carbons (Fsp3) is 0.421. The normalized spacial score (nSPS) is 17.7. The summed E-state index contributed by atoms with van der Waals surface area (Å²) in [6.45, 7) is 8.65. The average molecular weight is 318 g/mol. The lowest BCUT2D eigenvalue weighted by atomic mass is 9.99. The largest absolute Gasteiger partial charge is 0.392 e. The van der Waals surface area contributed by atoms with Crippen LogP contribution in [-0.4, -0.2) is 49.1 Å². The number of hydrogen-bond acceptors (Lipinski definition) is 3. The van der Waals surface area contributed by atoms with Crippen molar-refractivity contribution >= 4 is 5.71 Å². The van der Waals surface area contributed by atoms with Crippen LogP contribution < -0.4 is 0 Å². The quantitative estimate of drug-likeness (QED) is 0.575. The van der Waals surface area contributed by atoms with E-state index in [-0.39, 0.29) is 6.61 Å². The van der Waals surface area contributed by atoms with Gasteiger partial charge in [-0.15, -0.1) is 0 Å². The Morgan fingerprint density at radius 3 is 2.74 bits per heavy atom. The summed E-state index contributed by atoms with van der Waals surface area (Å²) in [6.07, 6.45) is 10.3. The maximum atomic E-state index is 13.3. The van der Waals surface area contributed by atoms with Gasteiger partial charge >= 0.3 is 0 Å². The molecule has 0 amide bonds. The van der Waals surface area contributed by atoms with Crippen LogP contribution in [0.3, 0.4) is 0 Å². The highest BCUT2D eigenvalue weighted by molar-refractivity contribution is 5.93. The average Bonchev–Trinajstić information content (AvgIpc) is 2.58. The first-order valence-corrected chi connectivity index (χ1v) is 7.79. The third-order valence-corrected chi connectivity index (χ3v) is 3.86. The van der Waals surface area contributed by atoms with Gasteiger partial charge in [0.25, 0.3) is 0 Å². The van der Waals surface area contributed by atoms with Crippen LogP contribution in [0.5, 0.6) is 0 Å². The van der Waals surface area contributed by atoms with Gasteiger partial charge in [0.1, 0.15) is 6.67 Å². The number of nitrogens with zero attached hydrogens (tertiary/aromatic N) is 2. The fourth-order valence-electron chi connectivity index (χ4n) is 2.34. The number of aliphatic imine (C=N–C) groups is 1. The first kappa shape index (κ1) is 19.1. The highest BCUT2D eigenvalue weighted by Crippen LogP contribution is 2.21.